The number of nitrogens with zero attached hydrogens (tertiary/aromatic N) is 2. The zero-order chi connectivity index (χ0) is 21.9. The van der Waals surface area contributed by atoms with Gasteiger partial charge >= 0.3 is 0 Å². The molecule has 1 heterocycles. The summed E-state index contributed by atoms with van der Waals surface area (Å²) in [6.45, 7) is 9.69. The monoisotopic (exact) mass is 423 g/mol. The minimum absolute atomic E-state index is 0.0676. The van der Waals surface area contributed by atoms with E-state index in [-0.39, 0.29) is 17.1 Å². The number of carbonyl (C=O) groups excluding carboxylic acids is 2. The van der Waals surface area contributed by atoms with Crippen molar-refractivity contribution in [1.82, 2.24) is 10.2 Å². The van der Waals surface area contributed by atoms with Gasteiger partial charge in [-0.25, -0.2) is 0 Å². The molecule has 156 valence electrons. The van der Waals surface area contributed by atoms with Gasteiger partial charge in [0.15, 0.2) is 5.78 Å². The average Bonchev–Trinajstić information content (AvgIpc) is 3.16. The summed E-state index contributed by atoms with van der Waals surface area (Å²) in [6, 6.07) is 14.9. The SMILES string of the molecule is CC(=O)c1ccccc1NC(=O)[C@H](C)Sc1nnc(-c2ccc(C(C)(C)C)cc2)o1. The Balaban J connectivity index is 1.67. The van der Waals surface area contributed by atoms with E-state index in [0.29, 0.717) is 22.4 Å². The molecule has 1 amide bonds. The van der Waals surface area contributed by atoms with E-state index >= 15 is 0 Å². The van der Waals surface area contributed by atoms with Crippen molar-refractivity contribution in [2.75, 3.05) is 5.32 Å². The van der Waals surface area contributed by atoms with E-state index in [4.69, 9.17) is 4.42 Å². The highest BCUT2D eigenvalue weighted by molar-refractivity contribution is 8.00. The van der Waals surface area contributed by atoms with Crippen molar-refractivity contribution < 1.29 is 14.0 Å². The second-order valence-electron chi connectivity index (χ2n) is 8.05. The molecule has 0 fully saturated rings. The van der Waals surface area contributed by atoms with Crippen molar-refractivity contribution in [3.63, 3.8) is 0 Å². The number of hydrogen-bond acceptors (Lipinski definition) is 6. The Labute approximate surface area is 180 Å². The predicted molar refractivity (Wildman–Crippen MR) is 119 cm³/mol. The number of amides is 1. The summed E-state index contributed by atoms with van der Waals surface area (Å²) in [6.07, 6.45) is 0. The fraction of sp³-hybridized carbons (Fsp3) is 0.304. The third-order valence-electron chi connectivity index (χ3n) is 4.62. The molecular weight excluding hydrogens is 398 g/mol. The number of Topliss-reactive ketones (excluding diaryl/α,β-unsaturated/α-hetero) is 1. The van der Waals surface area contributed by atoms with E-state index in [1.54, 1.807) is 31.2 Å². The van der Waals surface area contributed by atoms with Gasteiger partial charge in [-0.3, -0.25) is 9.59 Å². The molecule has 1 atom stereocenters. The van der Waals surface area contributed by atoms with Gasteiger partial charge in [-0.15, -0.1) is 10.2 Å². The number of ketones is 1. The van der Waals surface area contributed by atoms with Crippen LogP contribution < -0.4 is 5.32 Å². The van der Waals surface area contributed by atoms with E-state index in [1.165, 1.54) is 24.2 Å². The van der Waals surface area contributed by atoms with Crippen LogP contribution >= 0.6 is 11.8 Å². The Morgan fingerprint density at radius 3 is 2.33 bits per heavy atom. The Kier molecular flexibility index (Phi) is 6.41. The molecule has 0 bridgehead atoms. The molecule has 6 nitrogen and oxygen atoms in total. The molecule has 3 rings (SSSR count). The van der Waals surface area contributed by atoms with Crippen molar-refractivity contribution in [2.24, 2.45) is 0 Å². The first-order valence-corrected chi connectivity index (χ1v) is 10.5. The lowest BCUT2D eigenvalue weighted by Gasteiger charge is -2.18. The van der Waals surface area contributed by atoms with Crippen molar-refractivity contribution in [2.45, 2.75) is 50.5 Å². The lowest BCUT2D eigenvalue weighted by molar-refractivity contribution is -0.115. The normalized spacial score (nSPS) is 12.4. The Bertz CT molecular complexity index is 1050. The summed E-state index contributed by atoms with van der Waals surface area (Å²) >= 11 is 1.17. The third-order valence-corrected chi connectivity index (χ3v) is 5.55. The Hall–Kier alpha value is -2.93. The van der Waals surface area contributed by atoms with Crippen LogP contribution in [0.5, 0.6) is 0 Å². The van der Waals surface area contributed by atoms with Gasteiger partial charge in [-0.2, -0.15) is 0 Å². The van der Waals surface area contributed by atoms with E-state index < -0.39 is 5.25 Å². The second kappa shape index (κ2) is 8.83. The number of nitrogens with one attached hydrogen (secondary N) is 1. The quantitative estimate of drug-likeness (QED) is 0.425. The van der Waals surface area contributed by atoms with Crippen LogP contribution in [0, 0.1) is 0 Å². The minimum atomic E-state index is -0.485. The van der Waals surface area contributed by atoms with Crippen LogP contribution in [-0.4, -0.2) is 27.1 Å². The zero-order valence-corrected chi connectivity index (χ0v) is 18.5. The highest BCUT2D eigenvalue weighted by Crippen LogP contribution is 2.29. The van der Waals surface area contributed by atoms with Gasteiger partial charge in [-0.1, -0.05) is 56.8 Å². The number of para-hydroxylation sites is 1. The van der Waals surface area contributed by atoms with Gasteiger partial charge in [0.05, 0.1) is 10.9 Å². The lowest BCUT2D eigenvalue weighted by Crippen LogP contribution is -2.23. The standard InChI is InChI=1S/C23H25N3O3S/c1-14(27)18-8-6-7-9-19(18)24-20(28)15(2)30-22-26-25-21(29-22)16-10-12-17(13-11-16)23(3,4)5/h6-13,15H,1-5H3,(H,24,28)/t15-/m0/s1. The van der Waals surface area contributed by atoms with E-state index in [9.17, 15) is 9.59 Å². The molecule has 2 aromatic carbocycles. The predicted octanol–water partition coefficient (Wildman–Crippen LogP) is 5.36. The maximum atomic E-state index is 12.6. The first-order valence-electron chi connectivity index (χ1n) is 9.67. The lowest BCUT2D eigenvalue weighted by atomic mass is 9.87. The number of benzene rings is 2. The molecule has 0 aliphatic carbocycles. The number of aromatic nitrogens is 2. The average molecular weight is 424 g/mol. The maximum Gasteiger partial charge on any atom is 0.277 e. The molecule has 0 unspecified atom stereocenters. The van der Waals surface area contributed by atoms with Gasteiger partial charge in [0.1, 0.15) is 0 Å². The fourth-order valence-electron chi connectivity index (χ4n) is 2.83. The molecule has 3 aromatic rings. The molecule has 1 aromatic heterocycles. The second-order valence-corrected chi connectivity index (χ2v) is 9.34. The Morgan fingerprint density at radius 1 is 1.03 bits per heavy atom. The van der Waals surface area contributed by atoms with Gasteiger partial charge in [0.25, 0.3) is 5.22 Å². The molecule has 0 aliphatic heterocycles. The van der Waals surface area contributed by atoms with Gasteiger partial charge in [0.2, 0.25) is 11.8 Å². The Morgan fingerprint density at radius 2 is 1.70 bits per heavy atom. The topological polar surface area (TPSA) is 85.1 Å². The molecule has 0 saturated carbocycles. The van der Waals surface area contributed by atoms with Crippen molar-refractivity contribution in [1.29, 1.82) is 0 Å². The van der Waals surface area contributed by atoms with Gasteiger partial charge in [0, 0.05) is 11.1 Å². The highest BCUT2D eigenvalue weighted by atomic mass is 32.2. The molecule has 0 saturated heterocycles. The smallest absolute Gasteiger partial charge is 0.277 e. The van der Waals surface area contributed by atoms with Crippen molar-refractivity contribution in [3.05, 3.63) is 59.7 Å². The summed E-state index contributed by atoms with van der Waals surface area (Å²) in [5.74, 6) is 0.0562. The number of rotatable bonds is 6. The first kappa shape index (κ1) is 21.8. The highest BCUT2D eigenvalue weighted by Gasteiger charge is 2.20. The first-order chi connectivity index (χ1) is 14.1. The zero-order valence-electron chi connectivity index (χ0n) is 17.7. The summed E-state index contributed by atoms with van der Waals surface area (Å²) in [5.41, 5.74) is 3.08. The van der Waals surface area contributed by atoms with E-state index in [1.807, 2.05) is 12.1 Å². The van der Waals surface area contributed by atoms with Crippen molar-refractivity contribution >= 4 is 29.1 Å². The van der Waals surface area contributed by atoms with Gasteiger partial charge in [-0.05, 0) is 49.1 Å². The molecule has 0 radical (unpaired) electrons. The van der Waals surface area contributed by atoms with Crippen LogP contribution in [-0.2, 0) is 10.2 Å². The van der Waals surface area contributed by atoms with Crippen LogP contribution in [0.15, 0.2) is 58.2 Å². The summed E-state index contributed by atoms with van der Waals surface area (Å²) in [5, 5.41) is 10.8. The van der Waals surface area contributed by atoms with Crippen molar-refractivity contribution in [3.8, 4) is 11.5 Å². The maximum absolute atomic E-state index is 12.6. The van der Waals surface area contributed by atoms with Gasteiger partial charge < -0.3 is 9.73 Å². The van der Waals surface area contributed by atoms with Crippen LogP contribution in [0.4, 0.5) is 5.69 Å². The number of carbonyl (C=O) groups is 2. The van der Waals surface area contributed by atoms with E-state index in [0.717, 1.165) is 5.56 Å². The van der Waals surface area contributed by atoms with E-state index in [2.05, 4.69) is 48.4 Å². The molecule has 0 aliphatic rings. The number of thioether (sulfide) groups is 1. The van der Waals surface area contributed by atoms with Crippen LogP contribution in [0.25, 0.3) is 11.5 Å². The molecule has 7 heteroatoms. The van der Waals surface area contributed by atoms with Crippen LogP contribution in [0.2, 0.25) is 0 Å². The van der Waals surface area contributed by atoms with Crippen LogP contribution in [0.3, 0.4) is 0 Å². The van der Waals surface area contributed by atoms with Crippen LogP contribution in [0.1, 0.15) is 50.5 Å². The fourth-order valence-corrected chi connectivity index (χ4v) is 3.51. The molecule has 1 N–H and O–H groups in total. The molecule has 30 heavy (non-hydrogen) atoms. The third kappa shape index (κ3) is 5.16. The molecule has 0 spiro atoms. The summed E-state index contributed by atoms with van der Waals surface area (Å²) in [4.78, 5) is 24.3. The molecular formula is C23H25N3O3S. The summed E-state index contributed by atoms with van der Waals surface area (Å²) in [7, 11) is 0. The minimum Gasteiger partial charge on any atom is -0.411 e. The summed E-state index contributed by atoms with van der Waals surface area (Å²) < 4.78 is 5.73. The number of anilines is 1. The number of hydrogen-bond donors (Lipinski definition) is 1. The largest absolute Gasteiger partial charge is 0.411 e.